The first-order chi connectivity index (χ1) is 45.9. The number of ketones is 2. The Bertz CT molecular complexity index is 2950. The summed E-state index contributed by atoms with van der Waals surface area (Å²) in [4.78, 5) is 183. The predicted molar refractivity (Wildman–Crippen MR) is 388 cm³/mol. The number of methoxy groups -OCH3 is 1. The van der Waals surface area contributed by atoms with Gasteiger partial charge in [0.2, 0.25) is 53.0 Å². The minimum atomic E-state index is -3.18. The zero-order valence-corrected chi connectivity index (χ0v) is 64.9. The Hall–Kier alpha value is -7.39. The number of carbonyl (C=O) groups excluding carboxylic acids is 12. The van der Waals surface area contributed by atoms with Gasteiger partial charge >= 0.3 is 11.9 Å². The lowest BCUT2D eigenvalue weighted by atomic mass is 9.74. The van der Waals surface area contributed by atoms with Crippen LogP contribution in [0.2, 0.25) is 0 Å². The van der Waals surface area contributed by atoms with Crippen LogP contribution in [-0.2, 0) is 67.0 Å². The monoisotopic (exact) mass is 1410 g/mol. The van der Waals surface area contributed by atoms with Gasteiger partial charge in [0.15, 0.2) is 10.9 Å². The Morgan fingerprint density at radius 1 is 0.556 bits per heavy atom. The molecule has 27 heteroatoms. The van der Waals surface area contributed by atoms with E-state index in [0.29, 0.717) is 16.4 Å². The molecule has 0 aliphatic carbocycles. The van der Waals surface area contributed by atoms with Gasteiger partial charge in [0.05, 0.1) is 19.2 Å². The molecular weight excluding hydrogens is 1290 g/mol. The van der Waals surface area contributed by atoms with E-state index in [0.717, 1.165) is 31.7 Å². The molecule has 99 heavy (non-hydrogen) atoms. The number of carbonyl (C=O) groups is 12. The van der Waals surface area contributed by atoms with Gasteiger partial charge in [0.25, 0.3) is 5.54 Å². The second kappa shape index (κ2) is 41.4. The van der Waals surface area contributed by atoms with Gasteiger partial charge in [0.1, 0.15) is 54.4 Å². The van der Waals surface area contributed by atoms with Crippen molar-refractivity contribution in [2.45, 2.75) is 235 Å². The number of nitrogens with two attached hydrogens (primary N) is 1. The zero-order valence-electron chi connectivity index (χ0n) is 64.1. The smallest absolute Gasteiger partial charge is 0.347 e. The van der Waals surface area contributed by atoms with Crippen molar-refractivity contribution in [2.75, 3.05) is 61.8 Å². The van der Waals surface area contributed by atoms with Crippen molar-refractivity contribution in [1.29, 1.82) is 0 Å². The summed E-state index contributed by atoms with van der Waals surface area (Å²) in [5.41, 5.74) is 3.86. The molecule has 1 aromatic rings. The van der Waals surface area contributed by atoms with Gasteiger partial charge in [-0.05, 0) is 132 Å². The maximum atomic E-state index is 16.0. The quantitative estimate of drug-likeness (QED) is 0.0209. The summed E-state index contributed by atoms with van der Waals surface area (Å²) in [5, 5.41) is 14.7. The first-order valence-electron chi connectivity index (χ1n) is 34.6. The van der Waals surface area contributed by atoms with E-state index < -0.39 is 161 Å². The Balaban J connectivity index is 3.81. The molecule has 0 aliphatic rings. The third-order valence-corrected chi connectivity index (χ3v) is 18.3. The number of nitrogens with one attached hydrogen (secondary N) is 5. The molecule has 0 heterocycles. The van der Waals surface area contributed by atoms with E-state index in [-0.39, 0.29) is 55.8 Å². The number of hydrogen-bond donors (Lipinski definition) is 6. The van der Waals surface area contributed by atoms with Crippen LogP contribution < -0.4 is 32.3 Å². The molecule has 0 aliphatic heterocycles. The number of para-hydroxylation sites is 1. The van der Waals surface area contributed by atoms with Crippen molar-refractivity contribution in [1.82, 2.24) is 50.7 Å². The van der Waals surface area contributed by atoms with Crippen molar-refractivity contribution < 1.29 is 67.0 Å². The third-order valence-electron chi connectivity index (χ3n) is 17.9. The van der Waals surface area contributed by atoms with Crippen LogP contribution in [0, 0.1) is 41.4 Å². The van der Waals surface area contributed by atoms with Crippen LogP contribution in [0.15, 0.2) is 42.5 Å². The Morgan fingerprint density at radius 3 is 1.43 bits per heavy atom. The summed E-state index contributed by atoms with van der Waals surface area (Å²) in [7, 11) is 10.6. The van der Waals surface area contributed by atoms with Crippen LogP contribution in [-0.4, -0.2) is 234 Å². The van der Waals surface area contributed by atoms with Crippen LogP contribution in [0.3, 0.4) is 0 Å². The lowest BCUT2D eigenvalue weighted by molar-refractivity contribution is -0.175. The number of ether oxygens (including phenoxy) is 2. The van der Waals surface area contributed by atoms with Gasteiger partial charge in [-0.15, -0.1) is 0 Å². The topological polar surface area (TPSA) is 329 Å². The first-order valence-corrected chi connectivity index (χ1v) is 35.0. The maximum absolute atomic E-state index is 16.0. The molecule has 13 atom stereocenters. The van der Waals surface area contributed by atoms with Gasteiger partial charge < -0.3 is 71.2 Å². The fourth-order valence-corrected chi connectivity index (χ4v) is 12.3. The highest BCUT2D eigenvalue weighted by atomic mass is 32.1. The van der Waals surface area contributed by atoms with Crippen molar-refractivity contribution >= 4 is 93.8 Å². The van der Waals surface area contributed by atoms with E-state index in [1.807, 2.05) is 85.7 Å². The summed E-state index contributed by atoms with van der Waals surface area (Å²) in [6, 6.07) is -3.51. The van der Waals surface area contributed by atoms with Crippen molar-refractivity contribution in [3.8, 4) is 0 Å². The number of thiocarbonyl (C=S) groups is 1. The number of nitrogens with zero attached hydrogens (tertiary/aromatic N) is 6. The number of allylic oxidation sites excluding steroid dienone is 2. The standard InChI is InChI=1S/C72H122N12O14S/c1-27-29-33-46(15)59(98-49(18)85)57(74-19)60(86)72(70(96)97-26,84(25)66(92)51(73)28-2)61(87)58(45(13)14)83(24)68(94)55(39-43(9)10)81(22)67(93)54(38-42(7)8)80(21)65(91)48(17)76-62(88)47(16)75-63(89)52(36-40(3)4)79(20)69(95)56(44(11)12)78-64(90)53(37-41(5)6)82(23)71(99)77-50-34-31-30-32-35-50/h27,29-32,34-35,40-48,51-59,74H,28,33,36-39,73H2,1-26H3,(H,75,89)(H,76,88)(H,77,99)(H,78,90)/b29-27+/t46-,47+,48-,51+,52+,53+,54+,55+,56+,57?,58+,59-,72+/m1/s1. The average molecular weight is 1410 g/mol. The third kappa shape index (κ3) is 24.4. The Kier molecular flexibility index (Phi) is 37.5. The molecule has 1 unspecified atom stereocenters. The minimum absolute atomic E-state index is 0.00438. The van der Waals surface area contributed by atoms with Crippen LogP contribution in [0.25, 0.3) is 0 Å². The number of Topliss-reactive ketones (excluding diaryl/α,β-unsaturated/α-hetero) is 2. The van der Waals surface area contributed by atoms with Gasteiger partial charge in [-0.2, -0.15) is 0 Å². The number of benzene rings is 1. The SMILES string of the molecule is C/C=C/C[C@@H](C)[C@@H](OC(C)=O)C(NC)C(=O)[C@@](C(=O)OC)(C(=O)[C@H](C(C)C)N(C)C(=O)[C@H](CC(C)C)N(C)C(=O)[C@H](CC(C)C)N(C)C(=O)[C@@H](C)NC(=O)[C@H](C)NC(=O)[C@H](CC(C)C)N(C)C(=O)[C@@H](NC(=O)[C@H](CC(C)C)N(C)C(=S)Nc1ccccc1)C(C)C)N(C)C(=O)[C@@H](N)CC. The van der Waals surface area contributed by atoms with Gasteiger partial charge in [-0.3, -0.25) is 52.7 Å². The lowest BCUT2D eigenvalue weighted by Crippen LogP contribution is -2.75. The van der Waals surface area contributed by atoms with Crippen LogP contribution in [0.1, 0.15) is 163 Å². The molecule has 1 aromatic carbocycles. The number of esters is 2. The molecule has 0 spiro atoms. The first kappa shape index (κ1) is 89.6. The summed E-state index contributed by atoms with van der Waals surface area (Å²) >= 11 is 5.72. The molecule has 26 nitrogen and oxygen atoms in total. The second-order valence-corrected chi connectivity index (χ2v) is 29.0. The second-order valence-electron chi connectivity index (χ2n) is 28.6. The summed E-state index contributed by atoms with van der Waals surface area (Å²) in [6.45, 7) is 30.7. The Morgan fingerprint density at radius 2 is 1.00 bits per heavy atom. The fraction of sp³-hybridized carbons (Fsp3) is 0.708. The molecular formula is C72H122N12O14S. The van der Waals surface area contributed by atoms with E-state index in [4.69, 9.17) is 27.4 Å². The summed E-state index contributed by atoms with van der Waals surface area (Å²) in [6.07, 6.45) is 3.17. The highest BCUT2D eigenvalue weighted by Crippen LogP contribution is 2.33. The molecule has 0 radical (unpaired) electrons. The van der Waals surface area contributed by atoms with E-state index in [9.17, 15) is 38.4 Å². The van der Waals surface area contributed by atoms with E-state index in [1.165, 1.54) is 63.8 Å². The zero-order chi connectivity index (χ0) is 76.6. The van der Waals surface area contributed by atoms with Crippen LogP contribution in [0.4, 0.5) is 5.69 Å². The molecule has 7 N–H and O–H groups in total. The number of anilines is 1. The molecule has 0 fully saturated rings. The normalized spacial score (nSPS) is 15.9. The van der Waals surface area contributed by atoms with E-state index in [1.54, 1.807) is 72.6 Å². The predicted octanol–water partition coefficient (Wildman–Crippen LogP) is 5.35. The highest BCUT2D eigenvalue weighted by Gasteiger charge is 2.64. The molecule has 0 aromatic heterocycles. The molecule has 0 saturated heterocycles. The average Bonchev–Trinajstić information content (AvgIpc) is 0.733. The lowest BCUT2D eigenvalue weighted by Gasteiger charge is -2.45. The largest absolute Gasteiger partial charge is 0.467 e. The summed E-state index contributed by atoms with van der Waals surface area (Å²) in [5.74, 6) is -12.8. The number of amides is 8. The van der Waals surface area contributed by atoms with Gasteiger partial charge in [-0.1, -0.05) is 127 Å². The molecule has 0 bridgehead atoms. The maximum Gasteiger partial charge on any atom is 0.347 e. The van der Waals surface area contributed by atoms with Crippen molar-refractivity contribution in [3.63, 3.8) is 0 Å². The van der Waals surface area contributed by atoms with Gasteiger partial charge in [-0.25, -0.2) is 4.79 Å². The highest BCUT2D eigenvalue weighted by molar-refractivity contribution is 7.80. The Labute approximate surface area is 595 Å². The summed E-state index contributed by atoms with van der Waals surface area (Å²) < 4.78 is 11.1. The van der Waals surface area contributed by atoms with Crippen LogP contribution >= 0.6 is 12.2 Å². The molecule has 0 saturated carbocycles. The molecule has 560 valence electrons. The number of hydrogen-bond acceptors (Lipinski definition) is 17. The van der Waals surface area contributed by atoms with Gasteiger partial charge in [0, 0.05) is 54.9 Å². The van der Waals surface area contributed by atoms with E-state index in [2.05, 4.69) is 26.6 Å². The minimum Gasteiger partial charge on any atom is -0.467 e. The fourth-order valence-electron chi connectivity index (χ4n) is 12.0. The molecule has 8 amide bonds. The van der Waals surface area contributed by atoms with Crippen molar-refractivity contribution in [2.24, 2.45) is 47.2 Å². The van der Waals surface area contributed by atoms with Crippen molar-refractivity contribution in [3.05, 3.63) is 42.5 Å². The van der Waals surface area contributed by atoms with Crippen LogP contribution in [0.5, 0.6) is 0 Å². The number of likely N-dealkylation sites (N-methyl/N-ethyl adjacent to an activating group) is 7. The van der Waals surface area contributed by atoms with E-state index >= 15 is 19.2 Å². The number of rotatable bonds is 40. The molecule has 1 rings (SSSR count).